The van der Waals surface area contributed by atoms with Gasteiger partial charge in [-0.25, -0.2) is 14.8 Å². The molecule has 0 spiro atoms. The van der Waals surface area contributed by atoms with Crippen LogP contribution in [0.3, 0.4) is 0 Å². The zero-order valence-corrected chi connectivity index (χ0v) is 19.8. The van der Waals surface area contributed by atoms with E-state index in [0.717, 1.165) is 5.56 Å². The minimum Gasteiger partial charge on any atom is -0.475 e. The molecule has 1 aliphatic heterocycles. The molecule has 3 aromatic rings. The monoisotopic (exact) mass is 490 g/mol. The van der Waals surface area contributed by atoms with E-state index in [1.807, 2.05) is 35.9 Å². The molecule has 4 heterocycles. The van der Waals surface area contributed by atoms with Gasteiger partial charge in [0.2, 0.25) is 5.65 Å². The van der Waals surface area contributed by atoms with Crippen LogP contribution in [0.25, 0.3) is 16.9 Å². The molecule has 4 bridgehead atoms. The van der Waals surface area contributed by atoms with Crippen LogP contribution < -0.4 is 10.1 Å². The predicted octanol–water partition coefficient (Wildman–Crippen LogP) is 5.16. The van der Waals surface area contributed by atoms with Gasteiger partial charge in [0.05, 0.1) is 30.5 Å². The second kappa shape index (κ2) is 10.5. The minimum absolute atomic E-state index is 0.225. The van der Waals surface area contributed by atoms with Crippen LogP contribution in [0.2, 0.25) is 0 Å². The lowest BCUT2D eigenvalue weighted by Gasteiger charge is -2.30. The SMILES string of the molecule is CCN1C(=O)N[C@@H](CC(F)(F)F)CCCCCOc2nc(cn3ccnc23)-c2ccnc(c2)[C@H]1C. The number of aromatic nitrogens is 4. The Morgan fingerprint density at radius 2 is 2.03 bits per heavy atom. The molecule has 3 aromatic heterocycles. The number of hydrogen-bond donors (Lipinski definition) is 1. The Hall–Kier alpha value is -3.37. The maximum atomic E-state index is 13.2. The first kappa shape index (κ1) is 24.7. The second-order valence-electron chi connectivity index (χ2n) is 8.68. The highest BCUT2D eigenvalue weighted by molar-refractivity contribution is 5.75. The molecule has 0 aromatic carbocycles. The Morgan fingerprint density at radius 3 is 2.80 bits per heavy atom. The van der Waals surface area contributed by atoms with Crippen LogP contribution in [0.5, 0.6) is 5.88 Å². The van der Waals surface area contributed by atoms with Gasteiger partial charge in [-0.1, -0.05) is 6.42 Å². The quantitative estimate of drug-likeness (QED) is 0.537. The van der Waals surface area contributed by atoms with Gasteiger partial charge in [0.15, 0.2) is 0 Å². The molecule has 0 saturated carbocycles. The van der Waals surface area contributed by atoms with Gasteiger partial charge in [-0.15, -0.1) is 0 Å². The fourth-order valence-corrected chi connectivity index (χ4v) is 4.33. The molecular weight excluding hydrogens is 461 g/mol. The van der Waals surface area contributed by atoms with Gasteiger partial charge < -0.3 is 19.4 Å². The van der Waals surface area contributed by atoms with E-state index < -0.39 is 30.7 Å². The van der Waals surface area contributed by atoms with Gasteiger partial charge in [0, 0.05) is 42.9 Å². The summed E-state index contributed by atoms with van der Waals surface area (Å²) in [6.45, 7) is 4.27. The number of fused-ring (bicyclic) bond motifs is 7. The van der Waals surface area contributed by atoms with Gasteiger partial charge in [0.25, 0.3) is 5.88 Å². The number of pyridine rings is 1. The lowest BCUT2D eigenvalue weighted by molar-refractivity contribution is -0.139. The van der Waals surface area contributed by atoms with Crippen molar-refractivity contribution in [2.24, 2.45) is 0 Å². The number of imidazole rings is 1. The zero-order valence-electron chi connectivity index (χ0n) is 19.8. The largest absolute Gasteiger partial charge is 0.475 e. The third-order valence-electron chi connectivity index (χ3n) is 6.16. The fourth-order valence-electron chi connectivity index (χ4n) is 4.33. The Bertz CT molecular complexity index is 1170. The summed E-state index contributed by atoms with van der Waals surface area (Å²) in [7, 11) is 0. The van der Waals surface area contributed by atoms with E-state index >= 15 is 0 Å². The van der Waals surface area contributed by atoms with Crippen molar-refractivity contribution in [1.82, 2.24) is 29.6 Å². The van der Waals surface area contributed by atoms with E-state index in [1.165, 1.54) is 4.90 Å². The van der Waals surface area contributed by atoms with Crippen LogP contribution in [0, 0.1) is 0 Å². The van der Waals surface area contributed by atoms with Crippen LogP contribution in [0.4, 0.5) is 18.0 Å². The molecule has 0 radical (unpaired) electrons. The third-order valence-corrected chi connectivity index (χ3v) is 6.16. The molecule has 8 nitrogen and oxygen atoms in total. The van der Waals surface area contributed by atoms with E-state index in [9.17, 15) is 18.0 Å². The van der Waals surface area contributed by atoms with Crippen molar-refractivity contribution in [2.45, 2.75) is 64.2 Å². The zero-order chi connectivity index (χ0) is 25.0. The Balaban J connectivity index is 1.70. The molecule has 35 heavy (non-hydrogen) atoms. The topological polar surface area (TPSA) is 84.7 Å². The summed E-state index contributed by atoms with van der Waals surface area (Å²) in [5.41, 5.74) is 2.62. The van der Waals surface area contributed by atoms with Crippen molar-refractivity contribution in [3.05, 3.63) is 42.6 Å². The number of urea groups is 1. The van der Waals surface area contributed by atoms with E-state index in [-0.39, 0.29) is 6.42 Å². The van der Waals surface area contributed by atoms with Crippen molar-refractivity contribution < 1.29 is 22.7 Å². The number of nitrogens with one attached hydrogen (secondary N) is 1. The summed E-state index contributed by atoms with van der Waals surface area (Å²) in [5.74, 6) is 0.394. The van der Waals surface area contributed by atoms with E-state index in [4.69, 9.17) is 4.74 Å². The Kier molecular flexibility index (Phi) is 7.42. The van der Waals surface area contributed by atoms with Crippen LogP contribution in [-0.2, 0) is 0 Å². The van der Waals surface area contributed by atoms with Crippen molar-refractivity contribution >= 4 is 11.7 Å². The molecule has 0 aliphatic carbocycles. The molecule has 2 atom stereocenters. The number of carbonyl (C=O) groups excluding carboxylic acids is 1. The van der Waals surface area contributed by atoms with Crippen LogP contribution in [0.15, 0.2) is 36.9 Å². The summed E-state index contributed by atoms with van der Waals surface area (Å²) in [6, 6.07) is 1.65. The number of nitrogens with zero attached hydrogens (tertiary/aromatic N) is 5. The highest BCUT2D eigenvalue weighted by atomic mass is 19.4. The van der Waals surface area contributed by atoms with Gasteiger partial charge >= 0.3 is 12.2 Å². The molecule has 4 rings (SSSR count). The standard InChI is InChI=1S/C24H29F3N6O2/c1-3-33-16(2)19-13-17(8-9-28-19)20-15-32-11-10-29-21(32)22(31-20)35-12-6-4-5-7-18(30-23(33)34)14-24(25,26)27/h8-11,13,15-16,18H,3-7,12,14H2,1-2H3,(H,30,34)/t16-,18-/m1/s1. The first-order valence-electron chi connectivity index (χ1n) is 11.8. The minimum atomic E-state index is -4.37. The maximum Gasteiger partial charge on any atom is 0.391 e. The van der Waals surface area contributed by atoms with Crippen molar-refractivity contribution in [3.63, 3.8) is 0 Å². The van der Waals surface area contributed by atoms with E-state index in [0.29, 0.717) is 55.3 Å². The van der Waals surface area contributed by atoms with Crippen molar-refractivity contribution in [2.75, 3.05) is 13.2 Å². The molecule has 1 N–H and O–H groups in total. The molecule has 11 heteroatoms. The lowest BCUT2D eigenvalue weighted by Crippen LogP contribution is -2.47. The molecule has 0 unspecified atom stereocenters. The average Bonchev–Trinajstić information content (AvgIpc) is 3.29. The Labute approximate surface area is 201 Å². The number of rotatable bonds is 2. The number of halogens is 3. The number of amides is 2. The normalized spacial score (nSPS) is 20.3. The number of hydrogen-bond acceptors (Lipinski definition) is 5. The predicted molar refractivity (Wildman–Crippen MR) is 124 cm³/mol. The number of ether oxygens (including phenoxy) is 1. The molecule has 188 valence electrons. The summed E-state index contributed by atoms with van der Waals surface area (Å²) < 4.78 is 47.3. The van der Waals surface area contributed by atoms with Gasteiger partial charge in [0.1, 0.15) is 0 Å². The Morgan fingerprint density at radius 1 is 1.20 bits per heavy atom. The molecular formula is C24H29F3N6O2. The highest BCUT2D eigenvalue weighted by Gasteiger charge is 2.33. The smallest absolute Gasteiger partial charge is 0.391 e. The van der Waals surface area contributed by atoms with Crippen LogP contribution in [-0.4, -0.2) is 55.7 Å². The molecule has 0 saturated heterocycles. The summed E-state index contributed by atoms with van der Waals surface area (Å²) in [5, 5.41) is 2.61. The number of alkyl halides is 3. The van der Waals surface area contributed by atoms with Crippen LogP contribution >= 0.6 is 0 Å². The summed E-state index contributed by atoms with van der Waals surface area (Å²) in [4.78, 5) is 28.0. The number of carbonyl (C=O) groups is 1. The molecule has 2 amide bonds. The van der Waals surface area contributed by atoms with Crippen molar-refractivity contribution in [3.8, 4) is 17.1 Å². The highest BCUT2D eigenvalue weighted by Crippen LogP contribution is 2.28. The summed E-state index contributed by atoms with van der Waals surface area (Å²) in [6.07, 6.45) is 3.57. The fraction of sp³-hybridized carbons (Fsp3) is 0.500. The van der Waals surface area contributed by atoms with E-state index in [1.54, 1.807) is 19.3 Å². The summed E-state index contributed by atoms with van der Waals surface area (Å²) >= 11 is 0. The first-order valence-corrected chi connectivity index (χ1v) is 11.8. The van der Waals surface area contributed by atoms with Gasteiger partial charge in [-0.2, -0.15) is 13.2 Å². The van der Waals surface area contributed by atoms with Crippen LogP contribution in [0.1, 0.15) is 57.7 Å². The molecule has 0 fully saturated rings. The first-order chi connectivity index (χ1) is 16.7. The van der Waals surface area contributed by atoms with Gasteiger partial charge in [-0.3, -0.25) is 4.98 Å². The second-order valence-corrected chi connectivity index (χ2v) is 8.68. The van der Waals surface area contributed by atoms with Gasteiger partial charge in [-0.05, 0) is 45.2 Å². The molecule has 1 aliphatic rings. The third kappa shape index (κ3) is 6.01. The van der Waals surface area contributed by atoms with E-state index in [2.05, 4.69) is 20.3 Å². The lowest BCUT2D eigenvalue weighted by atomic mass is 10.0. The maximum absolute atomic E-state index is 13.2. The van der Waals surface area contributed by atoms with Crippen molar-refractivity contribution in [1.29, 1.82) is 0 Å². The average molecular weight is 491 g/mol.